The number of aryl methyl sites for hydroxylation is 2. The number of hydrogen-bond donors (Lipinski definition) is 1. The lowest BCUT2D eigenvalue weighted by atomic mass is 9.88. The van der Waals surface area contributed by atoms with Crippen molar-refractivity contribution in [3.05, 3.63) is 41.1 Å². The predicted octanol–water partition coefficient (Wildman–Crippen LogP) is 5.31. The van der Waals surface area contributed by atoms with Gasteiger partial charge in [0.15, 0.2) is 0 Å². The van der Waals surface area contributed by atoms with Gasteiger partial charge in [-0.05, 0) is 38.3 Å². The van der Waals surface area contributed by atoms with Crippen molar-refractivity contribution in [2.45, 2.75) is 72.1 Å². The summed E-state index contributed by atoms with van der Waals surface area (Å²) in [4.78, 5) is 12.8. The summed E-state index contributed by atoms with van der Waals surface area (Å²) >= 11 is 0. The smallest absolute Gasteiger partial charge is 0.228 e. The number of benzene rings is 1. The van der Waals surface area contributed by atoms with Crippen molar-refractivity contribution in [2.24, 2.45) is 5.92 Å². The summed E-state index contributed by atoms with van der Waals surface area (Å²) in [6, 6.07) is 8.36. The van der Waals surface area contributed by atoms with Crippen molar-refractivity contribution >= 4 is 11.7 Å². The van der Waals surface area contributed by atoms with Crippen LogP contribution in [0.3, 0.4) is 0 Å². The van der Waals surface area contributed by atoms with Crippen molar-refractivity contribution in [3.8, 4) is 5.69 Å². The van der Waals surface area contributed by atoms with Gasteiger partial charge in [0.2, 0.25) is 5.91 Å². The molecule has 1 saturated carbocycles. The van der Waals surface area contributed by atoms with E-state index in [4.69, 9.17) is 5.10 Å². The van der Waals surface area contributed by atoms with Crippen molar-refractivity contribution in [1.82, 2.24) is 9.78 Å². The number of carbonyl (C=O) groups is 1. The minimum Gasteiger partial charge on any atom is -0.310 e. The number of rotatable bonds is 3. The van der Waals surface area contributed by atoms with Gasteiger partial charge in [0.25, 0.3) is 0 Å². The summed E-state index contributed by atoms with van der Waals surface area (Å²) in [5, 5.41) is 8.02. The average molecular weight is 354 g/mol. The molecule has 4 heteroatoms. The molecular formula is C22H31N3O. The zero-order valence-electron chi connectivity index (χ0n) is 16.7. The molecule has 1 aromatic heterocycles. The first-order chi connectivity index (χ1) is 12.3. The number of carbonyl (C=O) groups excluding carboxylic acids is 1. The van der Waals surface area contributed by atoms with Crippen molar-refractivity contribution in [2.75, 3.05) is 5.32 Å². The summed E-state index contributed by atoms with van der Waals surface area (Å²) in [5.41, 5.74) is 4.30. The van der Waals surface area contributed by atoms with Crippen LogP contribution in [-0.4, -0.2) is 15.7 Å². The zero-order valence-corrected chi connectivity index (χ0v) is 16.7. The monoisotopic (exact) mass is 353 g/mol. The highest BCUT2D eigenvalue weighted by atomic mass is 16.2. The van der Waals surface area contributed by atoms with Gasteiger partial charge in [-0.25, -0.2) is 4.68 Å². The van der Waals surface area contributed by atoms with Crippen LogP contribution in [0, 0.1) is 19.8 Å². The molecule has 26 heavy (non-hydrogen) atoms. The van der Waals surface area contributed by atoms with E-state index in [1.54, 1.807) is 0 Å². The lowest BCUT2D eigenvalue weighted by Gasteiger charge is -2.21. The van der Waals surface area contributed by atoms with Crippen molar-refractivity contribution < 1.29 is 4.79 Å². The second kappa shape index (κ2) is 7.26. The largest absolute Gasteiger partial charge is 0.310 e. The fraction of sp³-hybridized carbons (Fsp3) is 0.545. The number of aromatic nitrogens is 2. The maximum absolute atomic E-state index is 12.8. The van der Waals surface area contributed by atoms with E-state index in [1.807, 2.05) is 10.7 Å². The van der Waals surface area contributed by atoms with Gasteiger partial charge in [-0.15, -0.1) is 0 Å². The average Bonchev–Trinajstić information content (AvgIpc) is 2.99. The Labute approximate surface area is 157 Å². The van der Waals surface area contributed by atoms with E-state index in [1.165, 1.54) is 12.0 Å². The third kappa shape index (κ3) is 4.00. The summed E-state index contributed by atoms with van der Waals surface area (Å²) < 4.78 is 1.90. The first kappa shape index (κ1) is 18.7. The van der Waals surface area contributed by atoms with Gasteiger partial charge in [0.1, 0.15) is 5.82 Å². The maximum atomic E-state index is 12.8. The van der Waals surface area contributed by atoms with Gasteiger partial charge in [-0.3, -0.25) is 4.79 Å². The van der Waals surface area contributed by atoms with E-state index in [9.17, 15) is 4.79 Å². The molecule has 1 amide bonds. The highest BCUT2D eigenvalue weighted by Crippen LogP contribution is 2.29. The highest BCUT2D eigenvalue weighted by Gasteiger charge is 2.25. The number of hydrogen-bond acceptors (Lipinski definition) is 2. The van der Waals surface area contributed by atoms with E-state index in [-0.39, 0.29) is 17.2 Å². The predicted molar refractivity (Wildman–Crippen MR) is 107 cm³/mol. The maximum Gasteiger partial charge on any atom is 0.228 e. The molecule has 1 N–H and O–H groups in total. The third-order valence-corrected chi connectivity index (χ3v) is 5.29. The van der Waals surface area contributed by atoms with E-state index in [0.717, 1.165) is 48.4 Å². The van der Waals surface area contributed by atoms with E-state index < -0.39 is 0 Å². The van der Waals surface area contributed by atoms with Crippen LogP contribution in [0.4, 0.5) is 5.82 Å². The van der Waals surface area contributed by atoms with Crippen LogP contribution >= 0.6 is 0 Å². The summed E-state index contributed by atoms with van der Waals surface area (Å²) in [6.07, 6.45) is 5.55. The molecule has 140 valence electrons. The Kier molecular flexibility index (Phi) is 5.22. The molecule has 1 fully saturated rings. The van der Waals surface area contributed by atoms with Gasteiger partial charge in [-0.1, -0.05) is 57.7 Å². The minimum atomic E-state index is -0.0752. The van der Waals surface area contributed by atoms with E-state index in [2.05, 4.69) is 58.1 Å². The van der Waals surface area contributed by atoms with Crippen LogP contribution < -0.4 is 5.32 Å². The lowest BCUT2D eigenvalue weighted by molar-refractivity contribution is -0.120. The fourth-order valence-corrected chi connectivity index (χ4v) is 3.66. The zero-order chi connectivity index (χ0) is 18.9. The van der Waals surface area contributed by atoms with Crippen LogP contribution in [-0.2, 0) is 10.2 Å². The highest BCUT2D eigenvalue weighted by molar-refractivity contribution is 5.92. The molecule has 0 unspecified atom stereocenters. The van der Waals surface area contributed by atoms with Crippen LogP contribution in [0.5, 0.6) is 0 Å². The Morgan fingerprint density at radius 2 is 1.81 bits per heavy atom. The van der Waals surface area contributed by atoms with E-state index >= 15 is 0 Å². The molecule has 0 radical (unpaired) electrons. The quantitative estimate of drug-likeness (QED) is 0.813. The molecular weight excluding hydrogens is 322 g/mol. The van der Waals surface area contributed by atoms with E-state index in [0.29, 0.717) is 0 Å². The normalized spacial score (nSPS) is 15.9. The van der Waals surface area contributed by atoms with Crippen molar-refractivity contribution in [1.29, 1.82) is 0 Å². The SMILES string of the molecule is Cc1ccc(-n2nc(C(C)(C)C)cc2NC(=O)C2CCCCC2)c(C)c1. The molecule has 0 saturated heterocycles. The number of amides is 1. The molecule has 4 nitrogen and oxygen atoms in total. The molecule has 0 spiro atoms. The van der Waals surface area contributed by atoms with Crippen LogP contribution in [0.15, 0.2) is 24.3 Å². The third-order valence-electron chi connectivity index (χ3n) is 5.29. The second-order valence-corrected chi connectivity index (χ2v) is 8.69. The van der Waals surface area contributed by atoms with Gasteiger partial charge in [-0.2, -0.15) is 5.10 Å². The summed E-state index contributed by atoms with van der Waals surface area (Å²) in [6.45, 7) is 10.6. The first-order valence-corrected chi connectivity index (χ1v) is 9.75. The van der Waals surface area contributed by atoms with Crippen LogP contribution in [0.25, 0.3) is 5.69 Å². The molecule has 1 heterocycles. The molecule has 0 aliphatic heterocycles. The minimum absolute atomic E-state index is 0.0752. The lowest BCUT2D eigenvalue weighted by Crippen LogP contribution is -2.25. The molecule has 0 atom stereocenters. The topological polar surface area (TPSA) is 46.9 Å². The molecule has 1 aliphatic carbocycles. The Bertz CT molecular complexity index is 792. The summed E-state index contributed by atoms with van der Waals surface area (Å²) in [5.74, 6) is 1.04. The molecule has 0 bridgehead atoms. The van der Waals surface area contributed by atoms with Gasteiger partial charge in [0, 0.05) is 17.4 Å². The Hall–Kier alpha value is -2.10. The molecule has 1 aliphatic rings. The first-order valence-electron chi connectivity index (χ1n) is 9.75. The number of nitrogens with zero attached hydrogens (tertiary/aromatic N) is 2. The molecule has 3 rings (SSSR count). The Morgan fingerprint density at radius 3 is 2.42 bits per heavy atom. The van der Waals surface area contributed by atoms with Gasteiger partial charge < -0.3 is 5.32 Å². The second-order valence-electron chi connectivity index (χ2n) is 8.69. The number of nitrogens with one attached hydrogen (secondary N) is 1. The standard InChI is InChI=1S/C22H31N3O/c1-15-11-12-18(16(2)13-15)25-20(14-19(24-25)22(3,4)5)23-21(26)17-9-7-6-8-10-17/h11-14,17H,6-10H2,1-5H3,(H,23,26). The fourth-order valence-electron chi connectivity index (χ4n) is 3.66. The van der Waals surface area contributed by atoms with Crippen molar-refractivity contribution in [3.63, 3.8) is 0 Å². The van der Waals surface area contributed by atoms with Gasteiger partial charge >= 0.3 is 0 Å². The Morgan fingerprint density at radius 1 is 1.12 bits per heavy atom. The van der Waals surface area contributed by atoms with Gasteiger partial charge in [0.05, 0.1) is 11.4 Å². The van der Waals surface area contributed by atoms with Crippen LogP contribution in [0.1, 0.15) is 69.7 Å². The number of anilines is 1. The molecule has 2 aromatic rings. The summed E-state index contributed by atoms with van der Waals surface area (Å²) in [7, 11) is 0. The Balaban J connectivity index is 1.97. The molecule has 1 aromatic carbocycles. The van der Waals surface area contributed by atoms with Crippen LogP contribution in [0.2, 0.25) is 0 Å².